The first-order valence-corrected chi connectivity index (χ1v) is 11.2. The molecule has 2 atom stereocenters. The molecular weight excluding hydrogens is 372 g/mol. The van der Waals surface area contributed by atoms with Crippen LogP contribution in [0.5, 0.6) is 0 Å². The van der Waals surface area contributed by atoms with Crippen molar-refractivity contribution in [3.8, 4) is 0 Å². The lowest BCUT2D eigenvalue weighted by atomic mass is 10.0. The molecule has 6 nitrogen and oxygen atoms in total. The standard InChI is InChI=1S/C21H38N4O2S/c1-14(2)12-18(23)20(26)25-19(13-15(3)4)21(27)24-11-9-17-8-7-16(28-17)6-5-10-22/h7-8,14-15,18-19H,5-6,9-13,22-23H2,1-4H3,(H,24,27)(H,25,26)/t18-,19-/m1/s1. The van der Waals surface area contributed by atoms with Gasteiger partial charge in [0.1, 0.15) is 6.04 Å². The molecule has 1 rings (SSSR count). The Kier molecular flexibility index (Phi) is 11.3. The van der Waals surface area contributed by atoms with Gasteiger partial charge >= 0.3 is 0 Å². The fourth-order valence-electron chi connectivity index (χ4n) is 3.00. The summed E-state index contributed by atoms with van der Waals surface area (Å²) in [6, 6.07) is 3.12. The number of hydrogen-bond donors (Lipinski definition) is 4. The van der Waals surface area contributed by atoms with Crippen molar-refractivity contribution in [3.63, 3.8) is 0 Å². The maximum atomic E-state index is 12.6. The van der Waals surface area contributed by atoms with Gasteiger partial charge in [-0.1, -0.05) is 27.7 Å². The third kappa shape index (κ3) is 9.66. The highest BCUT2D eigenvalue weighted by molar-refractivity contribution is 7.11. The SMILES string of the molecule is CC(C)C[C@@H](N)C(=O)N[C@H](CC(C)C)C(=O)NCCc1ccc(CCCN)s1. The lowest BCUT2D eigenvalue weighted by Gasteiger charge is -2.22. The third-order valence-electron chi connectivity index (χ3n) is 4.42. The van der Waals surface area contributed by atoms with E-state index < -0.39 is 12.1 Å². The number of carbonyl (C=O) groups is 2. The van der Waals surface area contributed by atoms with Crippen LogP contribution < -0.4 is 22.1 Å². The average molecular weight is 411 g/mol. The molecule has 0 bridgehead atoms. The molecule has 1 aromatic heterocycles. The van der Waals surface area contributed by atoms with Gasteiger partial charge in [-0.3, -0.25) is 9.59 Å². The van der Waals surface area contributed by atoms with Crippen molar-refractivity contribution < 1.29 is 9.59 Å². The fraction of sp³-hybridized carbons (Fsp3) is 0.714. The first-order valence-electron chi connectivity index (χ1n) is 10.3. The highest BCUT2D eigenvalue weighted by Crippen LogP contribution is 2.18. The molecule has 0 spiro atoms. The molecule has 0 aliphatic carbocycles. The molecule has 0 unspecified atom stereocenters. The van der Waals surface area contributed by atoms with Crippen LogP contribution in [0.2, 0.25) is 0 Å². The molecule has 0 saturated carbocycles. The van der Waals surface area contributed by atoms with Gasteiger partial charge in [-0.05, 0) is 62.6 Å². The van der Waals surface area contributed by atoms with Gasteiger partial charge in [0.2, 0.25) is 11.8 Å². The van der Waals surface area contributed by atoms with Gasteiger partial charge in [0.15, 0.2) is 0 Å². The molecule has 160 valence electrons. The minimum atomic E-state index is -0.583. The Morgan fingerprint density at radius 3 is 2.18 bits per heavy atom. The normalized spacial score (nSPS) is 13.6. The Balaban J connectivity index is 2.52. The van der Waals surface area contributed by atoms with Crippen molar-refractivity contribution in [2.24, 2.45) is 23.3 Å². The second kappa shape index (κ2) is 12.9. The summed E-state index contributed by atoms with van der Waals surface area (Å²) in [5.41, 5.74) is 11.5. The van der Waals surface area contributed by atoms with E-state index in [4.69, 9.17) is 11.5 Å². The van der Waals surface area contributed by atoms with Crippen molar-refractivity contribution in [1.82, 2.24) is 10.6 Å². The van der Waals surface area contributed by atoms with Gasteiger partial charge in [-0.2, -0.15) is 0 Å². The Hall–Kier alpha value is -1.44. The summed E-state index contributed by atoms with van der Waals surface area (Å²) in [7, 11) is 0. The van der Waals surface area contributed by atoms with E-state index in [0.717, 1.165) is 19.3 Å². The summed E-state index contributed by atoms with van der Waals surface area (Å²) < 4.78 is 0. The number of thiophene rings is 1. The van der Waals surface area contributed by atoms with E-state index >= 15 is 0 Å². The second-order valence-electron chi connectivity index (χ2n) is 8.23. The third-order valence-corrected chi connectivity index (χ3v) is 5.62. The van der Waals surface area contributed by atoms with E-state index in [1.807, 2.05) is 27.7 Å². The van der Waals surface area contributed by atoms with Crippen molar-refractivity contribution in [2.45, 2.75) is 71.9 Å². The van der Waals surface area contributed by atoms with Crippen LogP contribution >= 0.6 is 11.3 Å². The maximum Gasteiger partial charge on any atom is 0.242 e. The summed E-state index contributed by atoms with van der Waals surface area (Å²) in [5, 5.41) is 5.81. The van der Waals surface area contributed by atoms with Crippen LogP contribution in [0.1, 0.15) is 56.7 Å². The van der Waals surface area contributed by atoms with Crippen LogP contribution in [-0.4, -0.2) is 37.0 Å². The predicted molar refractivity (Wildman–Crippen MR) is 117 cm³/mol. The van der Waals surface area contributed by atoms with Crippen molar-refractivity contribution in [2.75, 3.05) is 13.1 Å². The van der Waals surface area contributed by atoms with E-state index in [0.29, 0.717) is 37.8 Å². The lowest BCUT2D eigenvalue weighted by molar-refractivity contribution is -0.130. The van der Waals surface area contributed by atoms with E-state index in [1.165, 1.54) is 9.75 Å². The summed E-state index contributed by atoms with van der Waals surface area (Å²) >= 11 is 1.77. The summed E-state index contributed by atoms with van der Waals surface area (Å²) in [6.07, 6.45) is 3.98. The van der Waals surface area contributed by atoms with E-state index in [1.54, 1.807) is 11.3 Å². The van der Waals surface area contributed by atoms with Gasteiger partial charge in [0.25, 0.3) is 0 Å². The van der Waals surface area contributed by atoms with Crippen LogP contribution in [0, 0.1) is 11.8 Å². The molecular formula is C21H38N4O2S. The molecule has 1 aromatic rings. The lowest BCUT2D eigenvalue weighted by Crippen LogP contribution is -2.52. The molecule has 0 aromatic carbocycles. The number of nitrogens with one attached hydrogen (secondary N) is 2. The van der Waals surface area contributed by atoms with Crippen LogP contribution in [0.4, 0.5) is 0 Å². The Morgan fingerprint density at radius 1 is 1.00 bits per heavy atom. The molecule has 0 saturated heterocycles. The van der Waals surface area contributed by atoms with Gasteiger partial charge in [0.05, 0.1) is 6.04 Å². The van der Waals surface area contributed by atoms with Crippen LogP contribution in [0.25, 0.3) is 0 Å². The molecule has 28 heavy (non-hydrogen) atoms. The topological polar surface area (TPSA) is 110 Å². The minimum Gasteiger partial charge on any atom is -0.354 e. The number of carbonyl (C=O) groups excluding carboxylic acids is 2. The van der Waals surface area contributed by atoms with Crippen molar-refractivity contribution >= 4 is 23.2 Å². The largest absolute Gasteiger partial charge is 0.354 e. The first kappa shape index (κ1) is 24.6. The maximum absolute atomic E-state index is 12.6. The molecule has 0 radical (unpaired) electrons. The predicted octanol–water partition coefficient (Wildman–Crippen LogP) is 2.20. The zero-order valence-corrected chi connectivity index (χ0v) is 18.6. The molecule has 7 heteroatoms. The molecule has 0 aliphatic rings. The molecule has 0 aliphatic heterocycles. The highest BCUT2D eigenvalue weighted by Gasteiger charge is 2.24. The van der Waals surface area contributed by atoms with Gasteiger partial charge in [0, 0.05) is 16.3 Å². The average Bonchev–Trinajstić information content (AvgIpc) is 3.05. The van der Waals surface area contributed by atoms with E-state index in [9.17, 15) is 9.59 Å². The molecule has 0 fully saturated rings. The molecule has 2 amide bonds. The quantitative estimate of drug-likeness (QED) is 0.399. The highest BCUT2D eigenvalue weighted by atomic mass is 32.1. The van der Waals surface area contributed by atoms with Gasteiger partial charge < -0.3 is 22.1 Å². The van der Waals surface area contributed by atoms with Crippen molar-refractivity contribution in [1.29, 1.82) is 0 Å². The van der Waals surface area contributed by atoms with Crippen LogP contribution in [0.3, 0.4) is 0 Å². The number of nitrogens with two attached hydrogens (primary N) is 2. The Morgan fingerprint density at radius 2 is 1.61 bits per heavy atom. The number of amides is 2. The number of hydrogen-bond acceptors (Lipinski definition) is 5. The van der Waals surface area contributed by atoms with Gasteiger partial charge in [-0.15, -0.1) is 11.3 Å². The summed E-state index contributed by atoms with van der Waals surface area (Å²) in [6.45, 7) is 9.38. The minimum absolute atomic E-state index is 0.140. The van der Waals surface area contributed by atoms with Crippen molar-refractivity contribution in [3.05, 3.63) is 21.9 Å². The zero-order valence-electron chi connectivity index (χ0n) is 17.8. The Labute approximate surface area is 173 Å². The summed E-state index contributed by atoms with van der Waals surface area (Å²) in [4.78, 5) is 27.5. The molecule has 1 heterocycles. The van der Waals surface area contributed by atoms with E-state index in [2.05, 4.69) is 22.8 Å². The van der Waals surface area contributed by atoms with Crippen LogP contribution in [-0.2, 0) is 22.4 Å². The molecule has 6 N–H and O–H groups in total. The van der Waals surface area contributed by atoms with E-state index in [-0.39, 0.29) is 11.8 Å². The van der Waals surface area contributed by atoms with Crippen LogP contribution in [0.15, 0.2) is 12.1 Å². The smallest absolute Gasteiger partial charge is 0.242 e. The first-order chi connectivity index (χ1) is 13.2. The number of rotatable bonds is 13. The monoisotopic (exact) mass is 410 g/mol. The second-order valence-corrected chi connectivity index (χ2v) is 9.48. The fourth-order valence-corrected chi connectivity index (χ4v) is 4.06. The zero-order chi connectivity index (χ0) is 21.1. The Bertz CT molecular complexity index is 601. The summed E-state index contributed by atoms with van der Waals surface area (Å²) in [5.74, 6) is 0.231. The number of aryl methyl sites for hydroxylation is 1. The van der Waals surface area contributed by atoms with Gasteiger partial charge in [-0.25, -0.2) is 0 Å².